The summed E-state index contributed by atoms with van der Waals surface area (Å²) in [7, 11) is 0. The number of hydrogen-bond donors (Lipinski definition) is 1. The van der Waals surface area contributed by atoms with Crippen LogP contribution in [0.5, 0.6) is 5.75 Å². The molecule has 1 aromatic carbocycles. The van der Waals surface area contributed by atoms with Crippen molar-refractivity contribution in [1.29, 1.82) is 0 Å². The monoisotopic (exact) mass is 263 g/mol. The summed E-state index contributed by atoms with van der Waals surface area (Å²) in [6.45, 7) is -0.00551. The Kier molecular flexibility index (Phi) is 3.46. The number of carboxylic acids is 1. The molecule has 0 spiro atoms. The van der Waals surface area contributed by atoms with Crippen molar-refractivity contribution in [1.82, 2.24) is 0 Å². The van der Waals surface area contributed by atoms with E-state index in [4.69, 9.17) is 14.3 Å². The number of ether oxygens (including phenoxy) is 1. The first-order chi connectivity index (χ1) is 9.06. The average molecular weight is 263 g/mol. The van der Waals surface area contributed by atoms with E-state index in [1.54, 1.807) is 6.07 Å². The van der Waals surface area contributed by atoms with Crippen LogP contribution in [0.1, 0.15) is 16.3 Å². The number of nitrogens with zero attached hydrogens (tertiary/aromatic N) is 1. The van der Waals surface area contributed by atoms with Gasteiger partial charge in [0.15, 0.2) is 0 Å². The number of non-ortho nitro benzene ring substituents is 1. The van der Waals surface area contributed by atoms with Gasteiger partial charge in [0.2, 0.25) is 5.76 Å². The number of furan rings is 1. The van der Waals surface area contributed by atoms with Crippen LogP contribution in [-0.2, 0) is 6.61 Å². The second-order valence-corrected chi connectivity index (χ2v) is 3.61. The van der Waals surface area contributed by atoms with Crippen molar-refractivity contribution >= 4 is 11.7 Å². The Morgan fingerprint density at radius 1 is 1.37 bits per heavy atom. The number of carbonyl (C=O) groups is 1. The van der Waals surface area contributed by atoms with Crippen LogP contribution in [0.3, 0.4) is 0 Å². The molecule has 0 radical (unpaired) electrons. The maximum Gasteiger partial charge on any atom is 0.371 e. The lowest BCUT2D eigenvalue weighted by Crippen LogP contribution is -1.96. The summed E-state index contributed by atoms with van der Waals surface area (Å²) in [6, 6.07) is 8.48. The van der Waals surface area contributed by atoms with Crippen molar-refractivity contribution in [3.63, 3.8) is 0 Å². The van der Waals surface area contributed by atoms with Crippen molar-refractivity contribution in [2.75, 3.05) is 0 Å². The molecule has 0 aliphatic heterocycles. The molecule has 2 rings (SSSR count). The van der Waals surface area contributed by atoms with Crippen LogP contribution >= 0.6 is 0 Å². The summed E-state index contributed by atoms with van der Waals surface area (Å²) in [5.74, 6) is -0.717. The van der Waals surface area contributed by atoms with Gasteiger partial charge >= 0.3 is 5.97 Å². The van der Waals surface area contributed by atoms with Crippen LogP contribution in [0.15, 0.2) is 40.8 Å². The highest BCUT2D eigenvalue weighted by atomic mass is 16.6. The lowest BCUT2D eigenvalue weighted by atomic mass is 10.3. The zero-order valence-electron chi connectivity index (χ0n) is 9.61. The Hall–Kier alpha value is -2.83. The number of rotatable bonds is 5. The molecule has 2 aromatic rings. The van der Waals surface area contributed by atoms with Gasteiger partial charge in [0.25, 0.3) is 5.69 Å². The van der Waals surface area contributed by atoms with E-state index in [1.807, 2.05) is 0 Å². The second-order valence-electron chi connectivity index (χ2n) is 3.61. The number of hydrogen-bond acceptors (Lipinski definition) is 5. The number of nitro benzene ring substituents is 1. The topological polar surface area (TPSA) is 103 Å². The smallest absolute Gasteiger partial charge is 0.371 e. The molecule has 19 heavy (non-hydrogen) atoms. The molecular formula is C12H9NO6. The third-order valence-electron chi connectivity index (χ3n) is 2.28. The summed E-state index contributed by atoms with van der Waals surface area (Å²) >= 11 is 0. The zero-order valence-corrected chi connectivity index (χ0v) is 9.61. The molecule has 1 N–H and O–H groups in total. The predicted octanol–water partition coefficient (Wildman–Crippen LogP) is 2.47. The van der Waals surface area contributed by atoms with Crippen molar-refractivity contribution in [2.45, 2.75) is 6.61 Å². The highest BCUT2D eigenvalue weighted by molar-refractivity contribution is 5.84. The van der Waals surface area contributed by atoms with Crippen LogP contribution in [0.2, 0.25) is 0 Å². The Bertz CT molecular complexity index is 618. The van der Waals surface area contributed by atoms with Gasteiger partial charge in [0, 0.05) is 6.07 Å². The Morgan fingerprint density at radius 3 is 2.79 bits per heavy atom. The minimum Gasteiger partial charge on any atom is -0.485 e. The molecular weight excluding hydrogens is 254 g/mol. The number of aromatic carboxylic acids is 1. The number of carboxylic acid groups (broad SMARTS) is 1. The van der Waals surface area contributed by atoms with E-state index in [0.29, 0.717) is 11.5 Å². The molecule has 0 bridgehead atoms. The van der Waals surface area contributed by atoms with Gasteiger partial charge in [-0.25, -0.2) is 4.79 Å². The van der Waals surface area contributed by atoms with Gasteiger partial charge in [-0.1, -0.05) is 6.07 Å². The van der Waals surface area contributed by atoms with Crippen LogP contribution in [0, 0.1) is 10.1 Å². The highest BCUT2D eigenvalue weighted by Gasteiger charge is 2.10. The van der Waals surface area contributed by atoms with Crippen molar-refractivity contribution in [2.24, 2.45) is 0 Å². The molecule has 98 valence electrons. The van der Waals surface area contributed by atoms with Gasteiger partial charge in [0.05, 0.1) is 11.0 Å². The summed E-state index contributed by atoms with van der Waals surface area (Å²) < 4.78 is 10.3. The van der Waals surface area contributed by atoms with Crippen LogP contribution in [0.25, 0.3) is 0 Å². The first-order valence-electron chi connectivity index (χ1n) is 5.25. The second kappa shape index (κ2) is 5.21. The lowest BCUT2D eigenvalue weighted by Gasteiger charge is -2.03. The van der Waals surface area contributed by atoms with Crippen molar-refractivity contribution in [3.8, 4) is 5.75 Å². The van der Waals surface area contributed by atoms with Gasteiger partial charge in [0.1, 0.15) is 18.1 Å². The Morgan fingerprint density at radius 2 is 2.16 bits per heavy atom. The fraction of sp³-hybridized carbons (Fsp3) is 0.0833. The SMILES string of the molecule is O=C(O)c1ccc(COc2cccc([N+](=O)[O-])c2)o1. The largest absolute Gasteiger partial charge is 0.485 e. The third kappa shape index (κ3) is 3.09. The summed E-state index contributed by atoms with van der Waals surface area (Å²) in [5.41, 5.74) is -0.0804. The van der Waals surface area contributed by atoms with Crippen LogP contribution < -0.4 is 4.74 Å². The maximum atomic E-state index is 10.6. The molecule has 0 amide bonds. The van der Waals surface area contributed by atoms with E-state index >= 15 is 0 Å². The summed E-state index contributed by atoms with van der Waals surface area (Å²) in [6.07, 6.45) is 0. The summed E-state index contributed by atoms with van der Waals surface area (Å²) in [5, 5.41) is 19.2. The van der Waals surface area contributed by atoms with Gasteiger partial charge < -0.3 is 14.3 Å². The Labute approximate surface area is 107 Å². The maximum absolute atomic E-state index is 10.6. The molecule has 0 fully saturated rings. The highest BCUT2D eigenvalue weighted by Crippen LogP contribution is 2.20. The van der Waals surface area contributed by atoms with Crippen molar-refractivity contribution in [3.05, 3.63) is 58.0 Å². The van der Waals surface area contributed by atoms with Gasteiger partial charge in [-0.3, -0.25) is 10.1 Å². The van der Waals surface area contributed by atoms with Crippen LogP contribution in [0.4, 0.5) is 5.69 Å². The van der Waals surface area contributed by atoms with E-state index < -0.39 is 10.9 Å². The van der Waals surface area contributed by atoms with Gasteiger partial charge in [-0.15, -0.1) is 0 Å². The van der Waals surface area contributed by atoms with E-state index in [0.717, 1.165) is 0 Å². The van der Waals surface area contributed by atoms with Gasteiger partial charge in [-0.2, -0.15) is 0 Å². The molecule has 0 saturated heterocycles. The van der Waals surface area contributed by atoms with Crippen molar-refractivity contribution < 1.29 is 24.0 Å². The molecule has 0 atom stereocenters. The molecule has 0 aliphatic rings. The molecule has 0 saturated carbocycles. The van der Waals surface area contributed by atoms with E-state index in [1.165, 1.54) is 30.3 Å². The summed E-state index contributed by atoms with van der Waals surface area (Å²) in [4.78, 5) is 20.6. The van der Waals surface area contributed by atoms with E-state index in [2.05, 4.69) is 0 Å². The quantitative estimate of drug-likeness (QED) is 0.656. The molecule has 1 aromatic heterocycles. The minimum absolute atomic E-state index is 0.00551. The third-order valence-corrected chi connectivity index (χ3v) is 2.28. The average Bonchev–Trinajstić information content (AvgIpc) is 2.85. The first-order valence-corrected chi connectivity index (χ1v) is 5.25. The number of benzene rings is 1. The van der Waals surface area contributed by atoms with Crippen LogP contribution in [-0.4, -0.2) is 16.0 Å². The lowest BCUT2D eigenvalue weighted by molar-refractivity contribution is -0.384. The predicted molar refractivity (Wildman–Crippen MR) is 63.1 cm³/mol. The first kappa shape index (κ1) is 12.6. The van der Waals surface area contributed by atoms with E-state index in [-0.39, 0.29) is 18.1 Å². The molecule has 0 aliphatic carbocycles. The van der Waals surface area contributed by atoms with E-state index in [9.17, 15) is 14.9 Å². The molecule has 0 unspecified atom stereocenters. The number of nitro groups is 1. The normalized spacial score (nSPS) is 10.1. The Balaban J connectivity index is 2.03. The minimum atomic E-state index is -1.17. The molecule has 1 heterocycles. The molecule has 7 heteroatoms. The molecule has 7 nitrogen and oxygen atoms in total. The fourth-order valence-corrected chi connectivity index (χ4v) is 1.41. The standard InChI is InChI=1S/C12H9NO6/c14-12(15)11-5-4-10(19-11)7-18-9-3-1-2-8(6-9)13(16)17/h1-6H,7H2,(H,14,15). The zero-order chi connectivity index (χ0) is 13.8. The van der Waals surface area contributed by atoms with Gasteiger partial charge in [-0.05, 0) is 18.2 Å². The fourth-order valence-electron chi connectivity index (χ4n) is 1.41.